The molecule has 1 aromatic carbocycles. The second-order valence-electron chi connectivity index (χ2n) is 5.38. The van der Waals surface area contributed by atoms with Crippen molar-refractivity contribution in [1.29, 1.82) is 0 Å². The lowest BCUT2D eigenvalue weighted by atomic mass is 9.96. The van der Waals surface area contributed by atoms with Crippen molar-refractivity contribution in [1.82, 2.24) is 4.90 Å². The van der Waals surface area contributed by atoms with Crippen LogP contribution in [-0.4, -0.2) is 36.7 Å². The Morgan fingerprint density at radius 2 is 2.00 bits per heavy atom. The first-order valence-corrected chi connectivity index (χ1v) is 6.75. The van der Waals surface area contributed by atoms with Crippen molar-refractivity contribution in [2.45, 2.75) is 38.9 Å². The lowest BCUT2D eigenvalue weighted by Crippen LogP contribution is -2.50. The minimum Gasteiger partial charge on any atom is -0.379 e. The number of hydrogen-bond acceptors (Lipinski definition) is 3. The van der Waals surface area contributed by atoms with Crippen molar-refractivity contribution in [2.75, 3.05) is 19.8 Å². The summed E-state index contributed by atoms with van der Waals surface area (Å²) in [4.78, 5) is 2.47. The molecule has 1 heterocycles. The third kappa shape index (κ3) is 2.91. The summed E-state index contributed by atoms with van der Waals surface area (Å²) in [5.41, 5.74) is 8.82. The summed E-state index contributed by atoms with van der Waals surface area (Å²) >= 11 is 0. The van der Waals surface area contributed by atoms with Gasteiger partial charge in [-0.05, 0) is 26.3 Å². The van der Waals surface area contributed by atoms with Crippen LogP contribution in [0.5, 0.6) is 0 Å². The van der Waals surface area contributed by atoms with E-state index in [1.54, 1.807) is 0 Å². The van der Waals surface area contributed by atoms with Crippen LogP contribution < -0.4 is 5.73 Å². The highest BCUT2D eigenvalue weighted by molar-refractivity contribution is 5.25. The Kier molecular flexibility index (Phi) is 4.38. The molecule has 1 aliphatic heterocycles. The maximum Gasteiger partial charge on any atom is 0.0620 e. The largest absolute Gasteiger partial charge is 0.379 e. The molecule has 3 nitrogen and oxygen atoms in total. The summed E-state index contributed by atoms with van der Waals surface area (Å²) in [5.74, 6) is 0. The van der Waals surface area contributed by atoms with E-state index in [0.717, 1.165) is 19.8 Å². The molecule has 1 aliphatic rings. The van der Waals surface area contributed by atoms with Crippen LogP contribution in [0.15, 0.2) is 24.3 Å². The third-order valence-corrected chi connectivity index (χ3v) is 3.69. The molecule has 0 aliphatic carbocycles. The molecule has 0 aromatic heterocycles. The first kappa shape index (κ1) is 13.5. The monoisotopic (exact) mass is 248 g/mol. The Balaban J connectivity index is 2.24. The predicted molar refractivity (Wildman–Crippen MR) is 74.6 cm³/mol. The lowest BCUT2D eigenvalue weighted by Gasteiger charge is -2.41. The molecule has 2 N–H and O–H groups in total. The van der Waals surface area contributed by atoms with Gasteiger partial charge >= 0.3 is 0 Å². The van der Waals surface area contributed by atoms with E-state index in [-0.39, 0.29) is 12.1 Å². The minimum atomic E-state index is 0.119. The molecule has 18 heavy (non-hydrogen) atoms. The molecule has 3 heteroatoms. The van der Waals surface area contributed by atoms with Crippen LogP contribution in [0.3, 0.4) is 0 Å². The first-order valence-electron chi connectivity index (χ1n) is 6.75. The molecule has 0 spiro atoms. The average Bonchev–Trinajstić information content (AvgIpc) is 2.34. The average molecular weight is 248 g/mol. The van der Waals surface area contributed by atoms with Crippen molar-refractivity contribution < 1.29 is 4.74 Å². The van der Waals surface area contributed by atoms with Gasteiger partial charge in [-0.1, -0.05) is 29.8 Å². The van der Waals surface area contributed by atoms with E-state index in [4.69, 9.17) is 10.5 Å². The molecule has 100 valence electrons. The number of rotatable bonds is 3. The van der Waals surface area contributed by atoms with Crippen LogP contribution in [0.4, 0.5) is 0 Å². The van der Waals surface area contributed by atoms with Crippen molar-refractivity contribution in [3.8, 4) is 0 Å². The Morgan fingerprint density at radius 1 is 1.33 bits per heavy atom. The summed E-state index contributed by atoms with van der Waals surface area (Å²) in [6.07, 6.45) is 0. The van der Waals surface area contributed by atoms with E-state index < -0.39 is 0 Å². The highest BCUT2D eigenvalue weighted by Gasteiger charge is 2.29. The summed E-state index contributed by atoms with van der Waals surface area (Å²) < 4.78 is 5.51. The second kappa shape index (κ2) is 5.83. The maximum atomic E-state index is 6.22. The molecule has 3 unspecified atom stereocenters. The number of benzene rings is 1. The molecule has 2 rings (SSSR count). The molecule has 1 aromatic rings. The van der Waals surface area contributed by atoms with Gasteiger partial charge in [0.15, 0.2) is 0 Å². The predicted octanol–water partition coefficient (Wildman–Crippen LogP) is 2.10. The quantitative estimate of drug-likeness (QED) is 0.890. The topological polar surface area (TPSA) is 38.5 Å². The molecular weight excluding hydrogens is 224 g/mol. The summed E-state index contributed by atoms with van der Waals surface area (Å²) in [7, 11) is 0. The highest BCUT2D eigenvalue weighted by Crippen LogP contribution is 2.27. The van der Waals surface area contributed by atoms with Gasteiger partial charge in [-0.2, -0.15) is 0 Å². The number of nitrogens with zero attached hydrogens (tertiary/aromatic N) is 1. The molecular formula is C15H24N2O. The minimum absolute atomic E-state index is 0.119. The SMILES string of the molecule is Cc1ccc(C(C(C)N)N2CCOCC2C)cc1. The van der Waals surface area contributed by atoms with Crippen LogP contribution in [0.25, 0.3) is 0 Å². The van der Waals surface area contributed by atoms with E-state index in [1.807, 2.05) is 0 Å². The fourth-order valence-electron chi connectivity index (χ4n) is 2.71. The zero-order valence-electron chi connectivity index (χ0n) is 11.6. The van der Waals surface area contributed by atoms with Gasteiger partial charge < -0.3 is 10.5 Å². The molecule has 3 atom stereocenters. The second-order valence-corrected chi connectivity index (χ2v) is 5.38. The summed E-state index contributed by atoms with van der Waals surface area (Å²) in [6.45, 7) is 8.98. The van der Waals surface area contributed by atoms with Gasteiger partial charge in [-0.3, -0.25) is 4.90 Å². The number of aryl methyl sites for hydroxylation is 1. The van der Waals surface area contributed by atoms with Gasteiger partial charge in [0.25, 0.3) is 0 Å². The van der Waals surface area contributed by atoms with Gasteiger partial charge in [0.1, 0.15) is 0 Å². The molecule has 0 bridgehead atoms. The van der Waals surface area contributed by atoms with Gasteiger partial charge in [0.05, 0.1) is 19.3 Å². The zero-order valence-corrected chi connectivity index (χ0v) is 11.6. The fraction of sp³-hybridized carbons (Fsp3) is 0.600. The molecule has 1 saturated heterocycles. The van der Waals surface area contributed by atoms with Crippen molar-refractivity contribution >= 4 is 0 Å². The number of hydrogen-bond donors (Lipinski definition) is 1. The standard InChI is InChI=1S/C15H24N2O/c1-11-4-6-14(7-5-11)15(13(3)16)17-8-9-18-10-12(17)2/h4-7,12-13,15H,8-10,16H2,1-3H3. The van der Waals surface area contributed by atoms with E-state index in [9.17, 15) is 0 Å². The van der Waals surface area contributed by atoms with Gasteiger partial charge in [-0.15, -0.1) is 0 Å². The van der Waals surface area contributed by atoms with Gasteiger partial charge in [0, 0.05) is 18.6 Å². The molecule has 0 radical (unpaired) electrons. The van der Waals surface area contributed by atoms with Crippen LogP contribution >= 0.6 is 0 Å². The van der Waals surface area contributed by atoms with Crippen molar-refractivity contribution in [3.63, 3.8) is 0 Å². The number of morpholine rings is 1. The summed E-state index contributed by atoms with van der Waals surface area (Å²) in [6, 6.07) is 9.55. The Bertz CT molecular complexity index is 375. The van der Waals surface area contributed by atoms with Crippen molar-refractivity contribution in [2.24, 2.45) is 5.73 Å². The van der Waals surface area contributed by atoms with E-state index >= 15 is 0 Å². The molecule has 1 fully saturated rings. The molecule has 0 amide bonds. The number of ether oxygens (including phenoxy) is 1. The Labute approximate surface area is 110 Å². The lowest BCUT2D eigenvalue weighted by molar-refractivity contribution is -0.0268. The smallest absolute Gasteiger partial charge is 0.0620 e. The highest BCUT2D eigenvalue weighted by atomic mass is 16.5. The van der Waals surface area contributed by atoms with Crippen LogP contribution in [-0.2, 0) is 4.74 Å². The first-order chi connectivity index (χ1) is 8.59. The Morgan fingerprint density at radius 3 is 2.56 bits per heavy atom. The Hall–Kier alpha value is -0.900. The third-order valence-electron chi connectivity index (χ3n) is 3.69. The van der Waals surface area contributed by atoms with Crippen LogP contribution in [0.2, 0.25) is 0 Å². The van der Waals surface area contributed by atoms with Crippen LogP contribution in [0.1, 0.15) is 31.0 Å². The maximum absolute atomic E-state index is 6.22. The normalized spacial score (nSPS) is 24.8. The van der Waals surface area contributed by atoms with E-state index in [1.165, 1.54) is 11.1 Å². The summed E-state index contributed by atoms with van der Waals surface area (Å²) in [5, 5.41) is 0. The fourth-order valence-corrected chi connectivity index (χ4v) is 2.71. The number of nitrogens with two attached hydrogens (primary N) is 1. The van der Waals surface area contributed by atoms with E-state index in [0.29, 0.717) is 6.04 Å². The van der Waals surface area contributed by atoms with Crippen molar-refractivity contribution in [3.05, 3.63) is 35.4 Å². The van der Waals surface area contributed by atoms with Gasteiger partial charge in [0.2, 0.25) is 0 Å². The zero-order chi connectivity index (χ0) is 13.1. The van der Waals surface area contributed by atoms with Crippen LogP contribution in [0, 0.1) is 6.92 Å². The molecule has 0 saturated carbocycles. The van der Waals surface area contributed by atoms with E-state index in [2.05, 4.69) is 49.9 Å². The van der Waals surface area contributed by atoms with Gasteiger partial charge in [-0.25, -0.2) is 0 Å².